The summed E-state index contributed by atoms with van der Waals surface area (Å²) in [6.07, 6.45) is 3.23. The highest BCUT2D eigenvalue weighted by atomic mass is 35.5. The molecule has 1 atom stereocenters. The maximum Gasteiger partial charge on any atom is 0.412 e. The van der Waals surface area contributed by atoms with Gasteiger partial charge in [-0.1, -0.05) is 6.07 Å². The molecule has 0 aliphatic heterocycles. The van der Waals surface area contributed by atoms with E-state index >= 15 is 0 Å². The van der Waals surface area contributed by atoms with Crippen molar-refractivity contribution < 1.29 is 9.53 Å². The Bertz CT molecular complexity index is 812. The van der Waals surface area contributed by atoms with Crippen LogP contribution in [0, 0.1) is 5.41 Å². The molecule has 1 unspecified atom stereocenters. The predicted octanol–water partition coefficient (Wildman–Crippen LogP) is 2.19. The summed E-state index contributed by atoms with van der Waals surface area (Å²) < 4.78 is 6.81. The summed E-state index contributed by atoms with van der Waals surface area (Å²) in [6, 6.07) is 5.49. The van der Waals surface area contributed by atoms with E-state index in [9.17, 15) is 4.79 Å². The third-order valence-corrected chi connectivity index (χ3v) is 3.64. The number of pyridine rings is 1. The summed E-state index contributed by atoms with van der Waals surface area (Å²) in [5, 5.41) is 10.2. The number of hydrogen-bond acceptors (Lipinski definition) is 4. The van der Waals surface area contributed by atoms with E-state index < -0.39 is 11.5 Å². The number of halogens is 1. The van der Waals surface area contributed by atoms with Gasteiger partial charge in [-0.2, -0.15) is 0 Å². The number of ether oxygens (including phenoxy) is 1. The van der Waals surface area contributed by atoms with Crippen molar-refractivity contribution in [2.24, 2.45) is 0 Å². The van der Waals surface area contributed by atoms with E-state index in [-0.39, 0.29) is 0 Å². The van der Waals surface area contributed by atoms with Gasteiger partial charge in [0.2, 0.25) is 0 Å². The van der Waals surface area contributed by atoms with Crippen molar-refractivity contribution in [3.05, 3.63) is 46.9 Å². The lowest BCUT2D eigenvalue weighted by atomic mass is 10.0. The van der Waals surface area contributed by atoms with Gasteiger partial charge in [0.25, 0.3) is 0 Å². The molecule has 2 N–H and O–H groups in total. The number of rotatable bonds is 1. The fourth-order valence-corrected chi connectivity index (χ4v) is 2.67. The van der Waals surface area contributed by atoms with Gasteiger partial charge in [0.05, 0.1) is 11.1 Å². The molecule has 108 valence electrons. The summed E-state index contributed by atoms with van der Waals surface area (Å²) in [5.74, 6) is 0.439. The minimum Gasteiger partial charge on any atom is -0.415 e. The number of carbonyl (C=O) groups is 1. The average molecular weight is 305 g/mol. The SMILES string of the molecule is CNC(=O)OC1=Cc2nc3ccccn3c(=N)c2C(Cl)C1. The topological polar surface area (TPSA) is 79.5 Å². The van der Waals surface area contributed by atoms with Crippen molar-refractivity contribution in [1.82, 2.24) is 14.7 Å². The summed E-state index contributed by atoms with van der Waals surface area (Å²) >= 11 is 6.35. The minimum absolute atomic E-state index is 0.297. The number of nitrogens with zero attached hydrogens (tertiary/aromatic N) is 2. The molecule has 0 radical (unpaired) electrons. The Morgan fingerprint density at radius 1 is 1.57 bits per heavy atom. The summed E-state index contributed by atoms with van der Waals surface area (Å²) in [4.78, 5) is 15.8. The van der Waals surface area contributed by atoms with Crippen LogP contribution in [-0.2, 0) is 4.74 Å². The van der Waals surface area contributed by atoms with Crippen LogP contribution < -0.4 is 10.8 Å². The molecule has 3 rings (SSSR count). The number of alkyl halides is 1. The van der Waals surface area contributed by atoms with E-state index in [0.717, 1.165) is 0 Å². The second-order valence-corrected chi connectivity index (χ2v) is 5.14. The van der Waals surface area contributed by atoms with Gasteiger partial charge in [0.15, 0.2) is 0 Å². The first-order valence-corrected chi connectivity index (χ1v) is 6.84. The number of nitrogens with one attached hydrogen (secondary N) is 2. The van der Waals surface area contributed by atoms with E-state index in [4.69, 9.17) is 21.7 Å². The molecule has 1 aliphatic carbocycles. The van der Waals surface area contributed by atoms with Gasteiger partial charge >= 0.3 is 6.09 Å². The second kappa shape index (κ2) is 5.21. The quantitative estimate of drug-likeness (QED) is 0.793. The van der Waals surface area contributed by atoms with Gasteiger partial charge in [-0.25, -0.2) is 9.78 Å². The molecule has 7 heteroatoms. The van der Waals surface area contributed by atoms with Crippen molar-refractivity contribution in [2.45, 2.75) is 11.8 Å². The smallest absolute Gasteiger partial charge is 0.412 e. The standard InChI is InChI=1S/C14H13ClN4O2/c1-17-14(20)21-8-6-9(15)12-10(7-8)18-11-4-2-3-5-19(11)13(12)16/h2-5,7,9,16H,6H2,1H3,(H,17,20). The number of aromatic nitrogens is 2. The molecule has 2 aromatic rings. The molecule has 0 aromatic carbocycles. The third-order valence-electron chi connectivity index (χ3n) is 3.26. The molecular formula is C14H13ClN4O2. The van der Waals surface area contributed by atoms with E-state index in [2.05, 4.69) is 10.3 Å². The van der Waals surface area contributed by atoms with Crippen molar-refractivity contribution in [1.29, 1.82) is 5.41 Å². The van der Waals surface area contributed by atoms with Crippen LogP contribution >= 0.6 is 11.6 Å². The van der Waals surface area contributed by atoms with E-state index in [1.165, 1.54) is 7.05 Å². The van der Waals surface area contributed by atoms with Crippen LogP contribution in [0.2, 0.25) is 0 Å². The van der Waals surface area contributed by atoms with Crippen LogP contribution in [0.4, 0.5) is 4.79 Å². The van der Waals surface area contributed by atoms with Crippen LogP contribution in [0.5, 0.6) is 0 Å². The molecule has 0 spiro atoms. The Labute approximate surface area is 125 Å². The van der Waals surface area contributed by atoms with Gasteiger partial charge in [-0.3, -0.25) is 9.81 Å². The third kappa shape index (κ3) is 2.38. The van der Waals surface area contributed by atoms with E-state index in [1.807, 2.05) is 18.2 Å². The van der Waals surface area contributed by atoms with Crippen LogP contribution in [0.25, 0.3) is 11.7 Å². The monoisotopic (exact) mass is 304 g/mol. The largest absolute Gasteiger partial charge is 0.415 e. The van der Waals surface area contributed by atoms with Crippen LogP contribution in [-0.4, -0.2) is 22.5 Å². The zero-order valence-corrected chi connectivity index (χ0v) is 12.0. The zero-order valence-electron chi connectivity index (χ0n) is 11.3. The number of allylic oxidation sites excluding steroid dienone is 1. The summed E-state index contributed by atoms with van der Waals surface area (Å²) in [7, 11) is 1.49. The fraction of sp³-hybridized carbons (Fsp3) is 0.214. The lowest BCUT2D eigenvalue weighted by molar-refractivity contribution is 0.175. The molecular weight excluding hydrogens is 292 g/mol. The number of carbonyl (C=O) groups excluding carboxylic acids is 1. The molecule has 2 aromatic heterocycles. The Hall–Kier alpha value is -2.34. The maximum atomic E-state index is 11.3. The van der Waals surface area contributed by atoms with Gasteiger partial charge in [0, 0.05) is 31.3 Å². The van der Waals surface area contributed by atoms with Crippen molar-refractivity contribution in [2.75, 3.05) is 7.05 Å². The first-order valence-electron chi connectivity index (χ1n) is 6.40. The lowest BCUT2D eigenvalue weighted by Crippen LogP contribution is -2.26. The number of alkyl carbamates (subject to hydrolysis) is 1. The summed E-state index contributed by atoms with van der Waals surface area (Å²) in [6.45, 7) is 0. The molecule has 6 nitrogen and oxygen atoms in total. The van der Waals surface area contributed by atoms with Gasteiger partial charge in [-0.05, 0) is 12.1 Å². The number of amides is 1. The Morgan fingerprint density at radius 2 is 2.38 bits per heavy atom. The van der Waals surface area contributed by atoms with E-state index in [1.54, 1.807) is 16.7 Å². The molecule has 21 heavy (non-hydrogen) atoms. The van der Waals surface area contributed by atoms with Crippen LogP contribution in [0.3, 0.4) is 0 Å². The maximum absolute atomic E-state index is 11.3. The van der Waals surface area contributed by atoms with E-state index in [0.29, 0.717) is 34.6 Å². The molecule has 2 heterocycles. The van der Waals surface area contributed by atoms with Crippen molar-refractivity contribution in [3.63, 3.8) is 0 Å². The average Bonchev–Trinajstić information content (AvgIpc) is 2.46. The highest BCUT2D eigenvalue weighted by Crippen LogP contribution is 2.34. The highest BCUT2D eigenvalue weighted by Gasteiger charge is 2.25. The first kappa shape index (κ1) is 13.6. The zero-order chi connectivity index (χ0) is 15.0. The van der Waals surface area contributed by atoms with Crippen LogP contribution in [0.1, 0.15) is 23.1 Å². The van der Waals surface area contributed by atoms with Gasteiger partial charge in [-0.15, -0.1) is 11.6 Å². The minimum atomic E-state index is -0.546. The Morgan fingerprint density at radius 3 is 3.14 bits per heavy atom. The lowest BCUT2D eigenvalue weighted by Gasteiger charge is -2.20. The Kier molecular flexibility index (Phi) is 3.39. The molecule has 1 amide bonds. The molecule has 0 bridgehead atoms. The molecule has 1 aliphatic rings. The normalized spacial score (nSPS) is 17.0. The van der Waals surface area contributed by atoms with Crippen molar-refractivity contribution >= 4 is 29.4 Å². The van der Waals surface area contributed by atoms with Crippen molar-refractivity contribution in [3.8, 4) is 0 Å². The molecule has 0 saturated carbocycles. The Balaban J connectivity index is 2.16. The predicted molar refractivity (Wildman–Crippen MR) is 77.8 cm³/mol. The second-order valence-electron chi connectivity index (χ2n) is 4.61. The van der Waals surface area contributed by atoms with Gasteiger partial charge in [0.1, 0.15) is 16.9 Å². The molecule has 0 saturated heterocycles. The first-order chi connectivity index (χ1) is 10.1. The number of hydrogen-bond donors (Lipinski definition) is 2. The summed E-state index contributed by atoms with van der Waals surface area (Å²) in [5.41, 5.74) is 2.15. The highest BCUT2D eigenvalue weighted by molar-refractivity contribution is 6.21. The fourth-order valence-electron chi connectivity index (χ4n) is 2.30. The number of fused-ring (bicyclic) bond motifs is 2. The molecule has 0 fully saturated rings. The van der Waals surface area contributed by atoms with Crippen LogP contribution in [0.15, 0.2) is 30.2 Å². The van der Waals surface area contributed by atoms with Gasteiger partial charge < -0.3 is 10.1 Å².